The Labute approximate surface area is 94.5 Å². The minimum atomic E-state index is -0.548. The lowest BCUT2D eigenvalue weighted by Crippen LogP contribution is -2.29. The number of aliphatic hydroxyl groups is 1. The SMILES string of the molecule is CC(C)[C@@H](CO)Nc1ccc(C#N)c(F)c1. The highest BCUT2D eigenvalue weighted by Gasteiger charge is 2.12. The molecule has 0 spiro atoms. The van der Waals surface area contributed by atoms with Gasteiger partial charge < -0.3 is 10.4 Å². The Hall–Kier alpha value is -1.60. The number of benzene rings is 1. The summed E-state index contributed by atoms with van der Waals surface area (Å²) in [5.41, 5.74) is 0.597. The molecule has 0 bridgehead atoms. The fourth-order valence-corrected chi connectivity index (χ4v) is 1.33. The number of hydrogen-bond acceptors (Lipinski definition) is 3. The Morgan fingerprint density at radius 1 is 1.50 bits per heavy atom. The van der Waals surface area contributed by atoms with Crippen molar-refractivity contribution in [2.75, 3.05) is 11.9 Å². The van der Waals surface area contributed by atoms with E-state index >= 15 is 0 Å². The molecule has 2 N–H and O–H groups in total. The molecule has 0 aliphatic heterocycles. The highest BCUT2D eigenvalue weighted by atomic mass is 19.1. The molecule has 3 nitrogen and oxygen atoms in total. The van der Waals surface area contributed by atoms with E-state index in [0.29, 0.717) is 5.69 Å². The molecule has 0 amide bonds. The zero-order chi connectivity index (χ0) is 12.1. The van der Waals surface area contributed by atoms with Crippen molar-refractivity contribution < 1.29 is 9.50 Å². The summed E-state index contributed by atoms with van der Waals surface area (Å²) in [6.07, 6.45) is 0. The Bertz CT molecular complexity index is 398. The molecule has 4 heteroatoms. The largest absolute Gasteiger partial charge is 0.394 e. The molecule has 0 radical (unpaired) electrons. The number of anilines is 1. The molecule has 1 atom stereocenters. The fourth-order valence-electron chi connectivity index (χ4n) is 1.33. The predicted octanol–water partition coefficient (Wildman–Crippen LogP) is 2.13. The standard InChI is InChI=1S/C12H15FN2O/c1-8(2)12(7-16)15-10-4-3-9(6-14)11(13)5-10/h3-5,8,12,15-16H,7H2,1-2H3/t12-/m1/s1. The monoisotopic (exact) mass is 222 g/mol. The Balaban J connectivity index is 2.83. The van der Waals surface area contributed by atoms with Crippen LogP contribution in [0.4, 0.5) is 10.1 Å². The van der Waals surface area contributed by atoms with E-state index in [0.717, 1.165) is 0 Å². The van der Waals surface area contributed by atoms with Gasteiger partial charge in [-0.05, 0) is 24.1 Å². The molecule has 0 aromatic heterocycles. The van der Waals surface area contributed by atoms with Crippen LogP contribution in [0.3, 0.4) is 0 Å². The van der Waals surface area contributed by atoms with Crippen molar-refractivity contribution in [2.24, 2.45) is 5.92 Å². The lowest BCUT2D eigenvalue weighted by molar-refractivity contribution is 0.249. The van der Waals surface area contributed by atoms with E-state index in [1.54, 1.807) is 12.1 Å². The van der Waals surface area contributed by atoms with Gasteiger partial charge in [0.15, 0.2) is 0 Å². The van der Waals surface area contributed by atoms with Crippen LogP contribution in [-0.4, -0.2) is 17.8 Å². The van der Waals surface area contributed by atoms with Crippen LogP contribution in [-0.2, 0) is 0 Å². The second-order valence-electron chi connectivity index (χ2n) is 3.98. The van der Waals surface area contributed by atoms with Crippen molar-refractivity contribution >= 4 is 5.69 Å². The number of hydrogen-bond donors (Lipinski definition) is 2. The number of nitrogens with zero attached hydrogens (tertiary/aromatic N) is 1. The van der Waals surface area contributed by atoms with Gasteiger partial charge in [0.05, 0.1) is 18.2 Å². The van der Waals surface area contributed by atoms with Gasteiger partial charge in [0.2, 0.25) is 0 Å². The van der Waals surface area contributed by atoms with Gasteiger partial charge in [-0.3, -0.25) is 0 Å². The van der Waals surface area contributed by atoms with Gasteiger partial charge in [-0.2, -0.15) is 5.26 Å². The first-order valence-electron chi connectivity index (χ1n) is 5.15. The van der Waals surface area contributed by atoms with Crippen molar-refractivity contribution in [3.63, 3.8) is 0 Å². The zero-order valence-electron chi connectivity index (χ0n) is 9.37. The second kappa shape index (κ2) is 5.47. The molecule has 0 aliphatic carbocycles. The topological polar surface area (TPSA) is 56.0 Å². The highest BCUT2D eigenvalue weighted by Crippen LogP contribution is 2.16. The zero-order valence-corrected chi connectivity index (χ0v) is 9.37. The summed E-state index contributed by atoms with van der Waals surface area (Å²) in [5, 5.41) is 20.7. The van der Waals surface area contributed by atoms with Gasteiger partial charge in [0, 0.05) is 5.69 Å². The van der Waals surface area contributed by atoms with Gasteiger partial charge >= 0.3 is 0 Å². The van der Waals surface area contributed by atoms with Crippen molar-refractivity contribution in [2.45, 2.75) is 19.9 Å². The summed E-state index contributed by atoms with van der Waals surface area (Å²) in [5.74, 6) is -0.309. The van der Waals surface area contributed by atoms with Crippen molar-refractivity contribution in [3.05, 3.63) is 29.6 Å². The van der Waals surface area contributed by atoms with Crippen LogP contribution >= 0.6 is 0 Å². The number of halogens is 1. The molecule has 0 fully saturated rings. The molecule has 0 saturated heterocycles. The number of nitrogens with one attached hydrogen (secondary N) is 1. The summed E-state index contributed by atoms with van der Waals surface area (Å²) >= 11 is 0. The van der Waals surface area contributed by atoms with Crippen molar-refractivity contribution in [1.82, 2.24) is 0 Å². The fraction of sp³-hybridized carbons (Fsp3) is 0.417. The third-order valence-corrected chi connectivity index (χ3v) is 2.44. The molecule has 0 unspecified atom stereocenters. The van der Waals surface area contributed by atoms with Gasteiger partial charge in [-0.25, -0.2) is 4.39 Å². The van der Waals surface area contributed by atoms with E-state index < -0.39 is 5.82 Å². The average molecular weight is 222 g/mol. The van der Waals surface area contributed by atoms with Gasteiger partial charge in [0.25, 0.3) is 0 Å². The van der Waals surface area contributed by atoms with E-state index in [1.807, 2.05) is 13.8 Å². The quantitative estimate of drug-likeness (QED) is 0.820. The molecular weight excluding hydrogens is 207 g/mol. The second-order valence-corrected chi connectivity index (χ2v) is 3.98. The molecular formula is C12H15FN2O. The maximum absolute atomic E-state index is 13.3. The molecule has 1 rings (SSSR count). The summed E-state index contributed by atoms with van der Waals surface area (Å²) in [7, 11) is 0. The van der Waals surface area contributed by atoms with E-state index in [-0.39, 0.29) is 24.1 Å². The first-order valence-corrected chi connectivity index (χ1v) is 5.15. The van der Waals surface area contributed by atoms with E-state index in [4.69, 9.17) is 10.4 Å². The maximum atomic E-state index is 13.3. The Kier molecular flexibility index (Phi) is 4.27. The van der Waals surface area contributed by atoms with Crippen LogP contribution in [0.5, 0.6) is 0 Å². The van der Waals surface area contributed by atoms with Crippen LogP contribution < -0.4 is 5.32 Å². The number of aliphatic hydroxyl groups excluding tert-OH is 1. The molecule has 0 heterocycles. The summed E-state index contributed by atoms with van der Waals surface area (Å²) in [6.45, 7) is 3.92. The normalized spacial score (nSPS) is 12.2. The predicted molar refractivity (Wildman–Crippen MR) is 60.4 cm³/mol. The smallest absolute Gasteiger partial charge is 0.143 e. The van der Waals surface area contributed by atoms with Gasteiger partial charge in [0.1, 0.15) is 11.9 Å². The third kappa shape index (κ3) is 2.94. The van der Waals surface area contributed by atoms with Crippen LogP contribution in [0.1, 0.15) is 19.4 Å². The van der Waals surface area contributed by atoms with Crippen molar-refractivity contribution in [3.8, 4) is 6.07 Å². The lowest BCUT2D eigenvalue weighted by Gasteiger charge is -2.21. The number of rotatable bonds is 4. The Morgan fingerprint density at radius 3 is 2.62 bits per heavy atom. The molecule has 1 aromatic carbocycles. The lowest BCUT2D eigenvalue weighted by atomic mass is 10.0. The van der Waals surface area contributed by atoms with E-state index in [9.17, 15) is 4.39 Å². The minimum absolute atomic E-state index is 0.0146. The van der Waals surface area contributed by atoms with Gasteiger partial charge in [-0.1, -0.05) is 13.8 Å². The average Bonchev–Trinajstić information content (AvgIpc) is 2.25. The maximum Gasteiger partial charge on any atom is 0.143 e. The molecule has 0 saturated carbocycles. The van der Waals surface area contributed by atoms with Crippen molar-refractivity contribution in [1.29, 1.82) is 5.26 Å². The minimum Gasteiger partial charge on any atom is -0.394 e. The van der Waals surface area contributed by atoms with Crippen LogP contribution in [0.25, 0.3) is 0 Å². The summed E-state index contributed by atoms with van der Waals surface area (Å²) < 4.78 is 13.3. The molecule has 86 valence electrons. The Morgan fingerprint density at radius 2 is 2.19 bits per heavy atom. The first kappa shape index (κ1) is 12.5. The third-order valence-electron chi connectivity index (χ3n) is 2.44. The molecule has 16 heavy (non-hydrogen) atoms. The number of nitriles is 1. The van der Waals surface area contributed by atoms with Gasteiger partial charge in [-0.15, -0.1) is 0 Å². The van der Waals surface area contributed by atoms with Crippen LogP contribution in [0, 0.1) is 23.1 Å². The van der Waals surface area contributed by atoms with E-state index in [1.165, 1.54) is 12.1 Å². The summed E-state index contributed by atoms with van der Waals surface area (Å²) in [4.78, 5) is 0. The van der Waals surface area contributed by atoms with E-state index in [2.05, 4.69) is 5.32 Å². The highest BCUT2D eigenvalue weighted by molar-refractivity contribution is 5.48. The summed E-state index contributed by atoms with van der Waals surface area (Å²) in [6, 6.07) is 5.96. The molecule has 0 aliphatic rings. The molecule has 1 aromatic rings. The van der Waals surface area contributed by atoms with Crippen LogP contribution in [0.2, 0.25) is 0 Å². The van der Waals surface area contributed by atoms with Crippen LogP contribution in [0.15, 0.2) is 18.2 Å². The first-order chi connectivity index (χ1) is 7.58.